The molecule has 1 unspecified atom stereocenters. The van der Waals surface area contributed by atoms with Gasteiger partial charge in [0.15, 0.2) is 0 Å². The van der Waals surface area contributed by atoms with Gasteiger partial charge in [0.05, 0.1) is 45.2 Å². The lowest BCUT2D eigenvalue weighted by atomic mass is 10.4. The van der Waals surface area contributed by atoms with Gasteiger partial charge < -0.3 is 28.5 Å². The van der Waals surface area contributed by atoms with Crippen LogP contribution in [0.2, 0.25) is 0 Å². The average Bonchev–Trinajstić information content (AvgIpc) is 2.47. The van der Waals surface area contributed by atoms with Crippen molar-refractivity contribution in [3.05, 3.63) is 0 Å². The van der Waals surface area contributed by atoms with Crippen molar-refractivity contribution >= 4 is 19.8 Å². The van der Waals surface area contributed by atoms with E-state index in [2.05, 4.69) is 9.57 Å². The Kier molecular flexibility index (Phi) is 11.4. The van der Waals surface area contributed by atoms with Crippen LogP contribution in [0.4, 0.5) is 9.59 Å². The van der Waals surface area contributed by atoms with Crippen LogP contribution < -0.4 is 0 Å². The molecule has 0 heterocycles. The molecule has 142 valence electrons. The van der Waals surface area contributed by atoms with E-state index in [-0.39, 0.29) is 32.6 Å². The molecule has 0 aromatic rings. The molecule has 1 N–H and O–H groups in total. The van der Waals surface area contributed by atoms with Crippen LogP contribution in [0, 0.1) is 0 Å². The number of carbonyl (C=O) groups is 2. The molecule has 0 aliphatic carbocycles. The van der Waals surface area contributed by atoms with Crippen molar-refractivity contribution in [3.63, 3.8) is 0 Å². The van der Waals surface area contributed by atoms with Crippen LogP contribution in [0.1, 0.15) is 27.7 Å². The fraction of sp³-hybridized carbons (Fsp3) is 0.846. The van der Waals surface area contributed by atoms with Gasteiger partial charge in [-0.2, -0.15) is 0 Å². The minimum Gasteiger partial charge on any atom is -0.448 e. The summed E-state index contributed by atoms with van der Waals surface area (Å²) in [5.41, 5.74) is 0. The minimum atomic E-state index is -3.52. The molecule has 0 bridgehead atoms. The smallest absolute Gasteiger partial charge is 0.448 e. The third-order valence-electron chi connectivity index (χ3n) is 2.38. The molecule has 0 spiro atoms. The highest BCUT2D eigenvalue weighted by atomic mass is 31.2. The number of nitrogens with zero attached hydrogens (tertiary/aromatic N) is 1. The molecule has 0 aromatic carbocycles. The summed E-state index contributed by atoms with van der Waals surface area (Å²) in [5, 5.41) is 10.5. The van der Waals surface area contributed by atoms with E-state index in [1.54, 1.807) is 27.7 Å². The maximum absolute atomic E-state index is 12.4. The summed E-state index contributed by atoms with van der Waals surface area (Å²) in [6, 6.07) is 0. The lowest BCUT2D eigenvalue weighted by Gasteiger charge is -2.24. The Morgan fingerprint density at radius 1 is 1.00 bits per heavy atom. The van der Waals surface area contributed by atoms with Crippen LogP contribution in [0.15, 0.2) is 0 Å². The number of carbonyl (C=O) groups excluding carboxylic acids is 2. The zero-order chi connectivity index (χ0) is 18.6. The second-order valence-electron chi connectivity index (χ2n) is 4.32. The van der Waals surface area contributed by atoms with Crippen LogP contribution in [0.5, 0.6) is 0 Å². The van der Waals surface area contributed by atoms with E-state index in [1.165, 1.54) is 0 Å². The molecular weight excluding hydrogens is 345 g/mol. The summed E-state index contributed by atoms with van der Waals surface area (Å²) < 4.78 is 31.8. The number of rotatable bonds is 10. The van der Waals surface area contributed by atoms with Gasteiger partial charge in [0, 0.05) is 0 Å². The standard InChI is InChI=1S/C13H26NO9P/c1-5-19-12(16)14(23-13(17)20-6-2)9-11(15)10-24(18,21-7-3)22-8-4/h11,15H,5-10H2,1-4H3. The normalized spacial score (nSPS) is 12.4. The van der Waals surface area contributed by atoms with Gasteiger partial charge in [0.25, 0.3) is 0 Å². The fourth-order valence-corrected chi connectivity index (χ4v) is 3.33. The molecule has 0 fully saturated rings. The molecule has 10 nitrogen and oxygen atoms in total. The van der Waals surface area contributed by atoms with E-state index in [9.17, 15) is 19.3 Å². The van der Waals surface area contributed by atoms with Gasteiger partial charge >= 0.3 is 19.8 Å². The Balaban J connectivity index is 4.88. The van der Waals surface area contributed by atoms with Gasteiger partial charge in [-0.15, -0.1) is 5.06 Å². The fourth-order valence-electron chi connectivity index (χ4n) is 1.62. The maximum Gasteiger partial charge on any atom is 0.533 e. The lowest BCUT2D eigenvalue weighted by Crippen LogP contribution is -2.41. The molecular formula is C13H26NO9P. The second kappa shape index (κ2) is 12.1. The first-order valence-electron chi connectivity index (χ1n) is 7.66. The van der Waals surface area contributed by atoms with Crippen LogP contribution in [0.3, 0.4) is 0 Å². The van der Waals surface area contributed by atoms with E-state index in [1.807, 2.05) is 0 Å². The van der Waals surface area contributed by atoms with Gasteiger partial charge in [0.1, 0.15) is 0 Å². The summed E-state index contributed by atoms with van der Waals surface area (Å²) in [4.78, 5) is 27.8. The van der Waals surface area contributed by atoms with Gasteiger partial charge in [0.2, 0.25) is 0 Å². The van der Waals surface area contributed by atoms with E-state index >= 15 is 0 Å². The Labute approximate surface area is 141 Å². The zero-order valence-electron chi connectivity index (χ0n) is 14.4. The summed E-state index contributed by atoms with van der Waals surface area (Å²) in [7, 11) is -3.52. The first kappa shape index (κ1) is 22.6. The number of aliphatic hydroxyl groups is 1. The van der Waals surface area contributed by atoms with Crippen LogP contribution >= 0.6 is 7.60 Å². The van der Waals surface area contributed by atoms with Gasteiger partial charge in [-0.3, -0.25) is 4.57 Å². The van der Waals surface area contributed by atoms with Crippen molar-refractivity contribution in [1.29, 1.82) is 0 Å². The molecule has 0 rings (SSSR count). The van der Waals surface area contributed by atoms with Gasteiger partial charge in [-0.25, -0.2) is 9.59 Å². The van der Waals surface area contributed by atoms with Gasteiger partial charge in [-0.05, 0) is 27.7 Å². The predicted molar refractivity (Wildman–Crippen MR) is 83.6 cm³/mol. The van der Waals surface area contributed by atoms with E-state index < -0.39 is 32.5 Å². The van der Waals surface area contributed by atoms with Crippen LogP contribution in [-0.2, 0) is 27.9 Å². The van der Waals surface area contributed by atoms with Crippen LogP contribution in [0.25, 0.3) is 0 Å². The Bertz CT molecular complexity index is 422. The largest absolute Gasteiger partial charge is 0.533 e. The Hall–Kier alpha value is -1.35. The third kappa shape index (κ3) is 9.07. The van der Waals surface area contributed by atoms with Crippen molar-refractivity contribution < 1.29 is 42.6 Å². The van der Waals surface area contributed by atoms with Crippen LogP contribution in [-0.4, -0.2) is 67.7 Å². The first-order valence-corrected chi connectivity index (χ1v) is 9.39. The van der Waals surface area contributed by atoms with Crippen molar-refractivity contribution in [2.75, 3.05) is 39.1 Å². The number of hydrogen-bond donors (Lipinski definition) is 1. The highest BCUT2D eigenvalue weighted by molar-refractivity contribution is 7.53. The summed E-state index contributed by atoms with van der Waals surface area (Å²) in [5.74, 6) is 0. The quantitative estimate of drug-likeness (QED) is 0.350. The molecule has 0 radical (unpaired) electrons. The predicted octanol–water partition coefficient (Wildman–Crippen LogP) is 2.16. The molecule has 0 aliphatic rings. The summed E-state index contributed by atoms with van der Waals surface area (Å²) in [6.45, 7) is 6.24. The maximum atomic E-state index is 12.4. The molecule has 0 aliphatic heterocycles. The summed E-state index contributed by atoms with van der Waals surface area (Å²) in [6.07, 6.45) is -3.84. The molecule has 0 saturated carbocycles. The number of hydrogen-bond acceptors (Lipinski definition) is 9. The SMILES string of the molecule is CCOC(=O)ON(CC(O)CP(=O)(OCC)OCC)C(=O)OCC. The number of ether oxygens (including phenoxy) is 2. The van der Waals surface area contributed by atoms with E-state index in [4.69, 9.17) is 13.8 Å². The second-order valence-corrected chi connectivity index (χ2v) is 6.42. The molecule has 0 aromatic heterocycles. The van der Waals surface area contributed by atoms with E-state index in [0.29, 0.717) is 5.06 Å². The van der Waals surface area contributed by atoms with Crippen molar-refractivity contribution in [3.8, 4) is 0 Å². The molecule has 0 saturated heterocycles. The minimum absolute atomic E-state index is 0.0357. The van der Waals surface area contributed by atoms with Crippen molar-refractivity contribution in [1.82, 2.24) is 5.06 Å². The number of aliphatic hydroxyl groups excluding tert-OH is 1. The Morgan fingerprint density at radius 3 is 2.00 bits per heavy atom. The Morgan fingerprint density at radius 2 is 1.54 bits per heavy atom. The molecule has 11 heteroatoms. The molecule has 24 heavy (non-hydrogen) atoms. The van der Waals surface area contributed by atoms with E-state index in [0.717, 1.165) is 0 Å². The highest BCUT2D eigenvalue weighted by Crippen LogP contribution is 2.48. The summed E-state index contributed by atoms with van der Waals surface area (Å²) >= 11 is 0. The van der Waals surface area contributed by atoms with Gasteiger partial charge in [-0.1, -0.05) is 0 Å². The lowest BCUT2D eigenvalue weighted by molar-refractivity contribution is -0.122. The van der Waals surface area contributed by atoms with Crippen molar-refractivity contribution in [2.45, 2.75) is 33.8 Å². The molecule has 1 amide bonds. The topological polar surface area (TPSA) is 121 Å². The first-order chi connectivity index (χ1) is 11.3. The number of hydroxylamine groups is 2. The van der Waals surface area contributed by atoms with Crippen molar-refractivity contribution in [2.24, 2.45) is 0 Å². The third-order valence-corrected chi connectivity index (χ3v) is 4.55. The monoisotopic (exact) mass is 371 g/mol. The molecule has 1 atom stereocenters. The number of amides is 1. The highest BCUT2D eigenvalue weighted by Gasteiger charge is 2.31. The average molecular weight is 371 g/mol. The zero-order valence-corrected chi connectivity index (χ0v) is 15.3.